The van der Waals surface area contributed by atoms with Gasteiger partial charge in [-0.25, -0.2) is 9.37 Å². The molecule has 30 heavy (non-hydrogen) atoms. The summed E-state index contributed by atoms with van der Waals surface area (Å²) in [4.78, 5) is 19.4. The van der Waals surface area contributed by atoms with Crippen LogP contribution in [-0.4, -0.2) is 29.7 Å². The maximum Gasteiger partial charge on any atom is 0.419 e. The monoisotopic (exact) mass is 439 g/mol. The number of piperidine rings is 1. The van der Waals surface area contributed by atoms with Gasteiger partial charge in [0.05, 0.1) is 17.5 Å². The molecule has 2 unspecified atom stereocenters. The summed E-state index contributed by atoms with van der Waals surface area (Å²) < 4.78 is 53.8. The van der Waals surface area contributed by atoms with Gasteiger partial charge in [-0.15, -0.1) is 11.8 Å². The molecule has 4 rings (SSSR count). The van der Waals surface area contributed by atoms with E-state index in [1.54, 1.807) is 22.7 Å². The molecule has 2 aliphatic rings. The van der Waals surface area contributed by atoms with Crippen molar-refractivity contribution in [1.82, 2.24) is 10.3 Å². The first-order valence-electron chi connectivity index (χ1n) is 9.82. The summed E-state index contributed by atoms with van der Waals surface area (Å²) in [5.41, 5.74) is -0.0314. The van der Waals surface area contributed by atoms with Crippen LogP contribution in [0.4, 0.5) is 23.4 Å². The Morgan fingerprint density at radius 2 is 2.07 bits per heavy atom. The Bertz CT molecular complexity index is 937. The van der Waals surface area contributed by atoms with E-state index in [-0.39, 0.29) is 30.1 Å². The summed E-state index contributed by atoms with van der Waals surface area (Å²) in [5.74, 6) is -0.341. The molecule has 0 bridgehead atoms. The number of hydrogen-bond donors (Lipinski definition) is 1. The number of pyridine rings is 1. The Labute approximate surface area is 176 Å². The largest absolute Gasteiger partial charge is 0.419 e. The molecule has 0 aliphatic carbocycles. The number of aromatic nitrogens is 1. The number of thioether (sulfide) groups is 1. The fourth-order valence-corrected chi connectivity index (χ4v) is 5.16. The molecule has 1 fully saturated rings. The zero-order valence-corrected chi connectivity index (χ0v) is 16.9. The van der Waals surface area contributed by atoms with Crippen molar-refractivity contribution >= 4 is 23.5 Å². The lowest BCUT2D eigenvalue weighted by atomic mass is 9.95. The first kappa shape index (κ1) is 21.0. The van der Waals surface area contributed by atoms with E-state index in [9.17, 15) is 22.4 Å². The molecule has 1 amide bonds. The Morgan fingerprint density at radius 3 is 2.87 bits per heavy atom. The van der Waals surface area contributed by atoms with Crippen molar-refractivity contribution in [2.24, 2.45) is 5.92 Å². The third-order valence-corrected chi connectivity index (χ3v) is 6.63. The maximum atomic E-state index is 13.7. The number of amides is 1. The lowest BCUT2D eigenvalue weighted by Gasteiger charge is -2.35. The van der Waals surface area contributed by atoms with Crippen molar-refractivity contribution in [3.63, 3.8) is 0 Å². The van der Waals surface area contributed by atoms with Gasteiger partial charge in [0.15, 0.2) is 0 Å². The van der Waals surface area contributed by atoms with Gasteiger partial charge in [0.2, 0.25) is 5.91 Å². The third kappa shape index (κ3) is 4.40. The zero-order valence-electron chi connectivity index (χ0n) is 16.1. The average Bonchev–Trinajstić information content (AvgIpc) is 2.73. The van der Waals surface area contributed by atoms with Gasteiger partial charge in [0.25, 0.3) is 0 Å². The van der Waals surface area contributed by atoms with E-state index >= 15 is 0 Å². The fraction of sp³-hybridized carbons (Fsp3) is 0.429. The summed E-state index contributed by atoms with van der Waals surface area (Å²) in [6.07, 6.45) is -1.31. The van der Waals surface area contributed by atoms with Crippen molar-refractivity contribution in [1.29, 1.82) is 0 Å². The number of carbonyl (C=O) groups is 1. The molecule has 0 saturated carbocycles. The van der Waals surface area contributed by atoms with E-state index in [0.29, 0.717) is 25.8 Å². The van der Waals surface area contributed by atoms with Crippen LogP contribution in [0.3, 0.4) is 0 Å². The minimum Gasteiger partial charge on any atom is -0.355 e. The number of benzene rings is 1. The smallest absolute Gasteiger partial charge is 0.355 e. The van der Waals surface area contributed by atoms with E-state index in [1.165, 1.54) is 24.4 Å². The van der Waals surface area contributed by atoms with Gasteiger partial charge in [-0.1, -0.05) is 0 Å². The SMILES string of the molecule is O=C(NC1CCSc2ccc(F)cc21)C1CCCN(c2ncccc2C(F)(F)F)C1. The number of halogens is 4. The average molecular weight is 439 g/mol. The number of nitrogens with one attached hydrogen (secondary N) is 1. The van der Waals surface area contributed by atoms with E-state index in [0.717, 1.165) is 22.3 Å². The Morgan fingerprint density at radius 1 is 1.23 bits per heavy atom. The molecule has 2 atom stereocenters. The van der Waals surface area contributed by atoms with Crippen molar-refractivity contribution in [2.45, 2.75) is 36.4 Å². The fourth-order valence-electron chi connectivity index (χ4n) is 4.06. The first-order chi connectivity index (χ1) is 14.3. The molecule has 2 aliphatic heterocycles. The zero-order chi connectivity index (χ0) is 21.3. The standard InChI is InChI=1S/C21H21F4N3OS/c22-14-5-6-18-15(11-14)17(7-10-30-18)27-20(29)13-3-2-9-28(12-13)19-16(21(23,24)25)4-1-8-26-19/h1,4-6,8,11,13,17H,2-3,7,9-10,12H2,(H,27,29). The topological polar surface area (TPSA) is 45.2 Å². The molecular formula is C21H21F4N3OS. The quantitative estimate of drug-likeness (QED) is 0.698. The van der Waals surface area contributed by atoms with E-state index < -0.39 is 17.7 Å². The highest BCUT2D eigenvalue weighted by atomic mass is 32.2. The number of anilines is 1. The van der Waals surface area contributed by atoms with Gasteiger partial charge >= 0.3 is 6.18 Å². The molecule has 3 heterocycles. The van der Waals surface area contributed by atoms with Crippen LogP contribution < -0.4 is 10.2 Å². The molecule has 0 spiro atoms. The second kappa shape index (κ2) is 8.45. The van der Waals surface area contributed by atoms with Crippen LogP contribution in [0, 0.1) is 11.7 Å². The molecule has 9 heteroatoms. The third-order valence-electron chi connectivity index (χ3n) is 5.51. The van der Waals surface area contributed by atoms with Crippen LogP contribution in [0.2, 0.25) is 0 Å². The molecule has 1 aromatic heterocycles. The molecule has 1 aromatic carbocycles. The molecule has 2 aromatic rings. The van der Waals surface area contributed by atoms with Crippen molar-refractivity contribution < 1.29 is 22.4 Å². The lowest BCUT2D eigenvalue weighted by molar-refractivity contribution is -0.137. The van der Waals surface area contributed by atoms with Gasteiger partial charge < -0.3 is 10.2 Å². The minimum atomic E-state index is -4.51. The number of nitrogens with zero attached hydrogens (tertiary/aromatic N) is 2. The van der Waals surface area contributed by atoms with Gasteiger partial charge in [0.1, 0.15) is 11.6 Å². The number of rotatable bonds is 3. The molecule has 160 valence electrons. The highest BCUT2D eigenvalue weighted by Gasteiger charge is 2.37. The molecule has 0 radical (unpaired) electrons. The van der Waals surface area contributed by atoms with Crippen LogP contribution >= 0.6 is 11.8 Å². The van der Waals surface area contributed by atoms with Crippen molar-refractivity contribution in [3.05, 3.63) is 53.5 Å². The van der Waals surface area contributed by atoms with Crippen LogP contribution in [0.5, 0.6) is 0 Å². The molecule has 4 nitrogen and oxygen atoms in total. The van der Waals surface area contributed by atoms with Gasteiger partial charge in [-0.05, 0) is 55.2 Å². The number of fused-ring (bicyclic) bond motifs is 1. The molecule has 1 saturated heterocycles. The second-order valence-electron chi connectivity index (χ2n) is 7.54. The van der Waals surface area contributed by atoms with Crippen molar-refractivity contribution in [2.75, 3.05) is 23.7 Å². The van der Waals surface area contributed by atoms with Crippen LogP contribution in [0.25, 0.3) is 0 Å². The predicted molar refractivity (Wildman–Crippen MR) is 107 cm³/mol. The molecule has 1 N–H and O–H groups in total. The summed E-state index contributed by atoms with van der Waals surface area (Å²) in [7, 11) is 0. The Hall–Kier alpha value is -2.29. The number of hydrogen-bond acceptors (Lipinski definition) is 4. The maximum absolute atomic E-state index is 13.7. The summed E-state index contributed by atoms with van der Waals surface area (Å²) in [6.45, 7) is 0.585. The lowest BCUT2D eigenvalue weighted by Crippen LogP contribution is -2.45. The Kier molecular flexibility index (Phi) is 5.90. The highest BCUT2D eigenvalue weighted by molar-refractivity contribution is 7.99. The summed E-state index contributed by atoms with van der Waals surface area (Å²) in [5, 5.41) is 3.00. The van der Waals surface area contributed by atoms with Gasteiger partial charge in [-0.2, -0.15) is 13.2 Å². The second-order valence-corrected chi connectivity index (χ2v) is 8.67. The number of alkyl halides is 3. The van der Waals surface area contributed by atoms with Crippen LogP contribution in [-0.2, 0) is 11.0 Å². The minimum absolute atomic E-state index is 0.135. The van der Waals surface area contributed by atoms with Crippen molar-refractivity contribution in [3.8, 4) is 0 Å². The Balaban J connectivity index is 1.49. The van der Waals surface area contributed by atoms with Gasteiger partial charge in [0, 0.05) is 29.9 Å². The van der Waals surface area contributed by atoms with E-state index in [2.05, 4.69) is 10.3 Å². The highest BCUT2D eigenvalue weighted by Crippen LogP contribution is 2.38. The predicted octanol–water partition coefficient (Wildman–Crippen LogP) is 4.81. The summed E-state index contributed by atoms with van der Waals surface area (Å²) >= 11 is 1.62. The molecular weight excluding hydrogens is 418 g/mol. The van der Waals surface area contributed by atoms with E-state index in [4.69, 9.17) is 0 Å². The normalized spacial score (nSPS) is 21.8. The van der Waals surface area contributed by atoms with Gasteiger partial charge in [-0.3, -0.25) is 4.79 Å². The first-order valence-corrected chi connectivity index (χ1v) is 10.8. The van der Waals surface area contributed by atoms with Crippen LogP contribution in [0.15, 0.2) is 41.4 Å². The van der Waals surface area contributed by atoms with Crippen LogP contribution in [0.1, 0.15) is 36.4 Å². The number of carbonyl (C=O) groups excluding carboxylic acids is 1. The summed E-state index contributed by atoms with van der Waals surface area (Å²) in [6, 6.07) is 6.55. The van der Waals surface area contributed by atoms with E-state index in [1.807, 2.05) is 0 Å².